The molecule has 0 aliphatic rings. The summed E-state index contributed by atoms with van der Waals surface area (Å²) in [5, 5.41) is 9.25. The van der Waals surface area contributed by atoms with Crippen LogP contribution in [0.15, 0.2) is 18.3 Å². The Bertz CT molecular complexity index is 663. The number of aromatic carboxylic acids is 1. The van der Waals surface area contributed by atoms with Gasteiger partial charge in [-0.05, 0) is 50.5 Å². The number of benzene rings is 1. The van der Waals surface area contributed by atoms with E-state index in [1.54, 1.807) is 6.92 Å². The molecule has 0 unspecified atom stereocenters. The summed E-state index contributed by atoms with van der Waals surface area (Å²) in [6.45, 7) is 7.76. The smallest absolute Gasteiger partial charge is 0.339 e. The molecule has 1 aromatic heterocycles. The van der Waals surface area contributed by atoms with Crippen molar-refractivity contribution in [2.24, 2.45) is 0 Å². The van der Waals surface area contributed by atoms with E-state index in [1.807, 2.05) is 32.9 Å². The lowest BCUT2D eigenvalue weighted by atomic mass is 9.96. The fraction of sp³-hybridized carbons (Fsp3) is 0.267. The predicted molar refractivity (Wildman–Crippen MR) is 73.4 cm³/mol. The average Bonchev–Trinajstić information content (AvgIpc) is 2.33. The van der Waals surface area contributed by atoms with Crippen LogP contribution in [0, 0.1) is 27.7 Å². The zero-order valence-electron chi connectivity index (χ0n) is 11.5. The van der Waals surface area contributed by atoms with Crippen molar-refractivity contribution >= 4 is 5.97 Å². The molecule has 4 nitrogen and oxygen atoms in total. The van der Waals surface area contributed by atoms with Gasteiger partial charge in [-0.3, -0.25) is 0 Å². The Morgan fingerprint density at radius 3 is 2.32 bits per heavy atom. The second-order valence-corrected chi connectivity index (χ2v) is 4.74. The van der Waals surface area contributed by atoms with Crippen LogP contribution >= 0.6 is 0 Å². The molecule has 0 bridgehead atoms. The quantitative estimate of drug-likeness (QED) is 0.896. The molecule has 19 heavy (non-hydrogen) atoms. The zero-order chi connectivity index (χ0) is 14.2. The molecular formula is C15H16N2O2. The zero-order valence-corrected chi connectivity index (χ0v) is 11.5. The molecule has 0 aliphatic carbocycles. The maximum Gasteiger partial charge on any atom is 0.339 e. The van der Waals surface area contributed by atoms with Crippen molar-refractivity contribution in [3.05, 3.63) is 46.4 Å². The molecule has 0 amide bonds. The van der Waals surface area contributed by atoms with Crippen molar-refractivity contribution in [3.8, 4) is 11.3 Å². The molecule has 0 atom stereocenters. The maximum absolute atomic E-state index is 11.3. The molecule has 0 fully saturated rings. The topological polar surface area (TPSA) is 63.1 Å². The third-order valence-electron chi connectivity index (χ3n) is 3.24. The summed E-state index contributed by atoms with van der Waals surface area (Å²) in [5.74, 6) is -0.440. The summed E-state index contributed by atoms with van der Waals surface area (Å²) in [6.07, 6.45) is 1.37. The van der Waals surface area contributed by atoms with Crippen molar-refractivity contribution in [3.63, 3.8) is 0 Å². The van der Waals surface area contributed by atoms with Crippen molar-refractivity contribution < 1.29 is 9.90 Å². The van der Waals surface area contributed by atoms with Gasteiger partial charge >= 0.3 is 5.97 Å². The largest absolute Gasteiger partial charge is 0.478 e. The van der Waals surface area contributed by atoms with Crippen molar-refractivity contribution in [2.45, 2.75) is 27.7 Å². The summed E-state index contributed by atoms with van der Waals surface area (Å²) in [5.41, 5.74) is 4.80. The molecule has 98 valence electrons. The number of hydrogen-bond acceptors (Lipinski definition) is 3. The molecular weight excluding hydrogens is 240 g/mol. The average molecular weight is 256 g/mol. The maximum atomic E-state index is 11.3. The van der Waals surface area contributed by atoms with Crippen LogP contribution in [0.25, 0.3) is 11.3 Å². The van der Waals surface area contributed by atoms with Crippen LogP contribution in [-0.2, 0) is 0 Å². The van der Waals surface area contributed by atoms with E-state index in [0.717, 1.165) is 16.7 Å². The van der Waals surface area contributed by atoms with Gasteiger partial charge in [0.2, 0.25) is 0 Å². The highest BCUT2D eigenvalue weighted by molar-refractivity contribution is 5.94. The van der Waals surface area contributed by atoms with E-state index in [2.05, 4.69) is 9.97 Å². The first-order valence-electron chi connectivity index (χ1n) is 6.05. The predicted octanol–water partition coefficient (Wildman–Crippen LogP) is 3.08. The molecule has 0 aliphatic heterocycles. The van der Waals surface area contributed by atoms with Gasteiger partial charge in [0.1, 0.15) is 11.4 Å². The number of carboxylic acids is 1. The summed E-state index contributed by atoms with van der Waals surface area (Å²) < 4.78 is 0. The number of rotatable bonds is 2. The first-order valence-corrected chi connectivity index (χ1v) is 6.05. The Hall–Kier alpha value is -2.23. The van der Waals surface area contributed by atoms with Crippen LogP contribution in [0.4, 0.5) is 0 Å². The molecule has 4 heteroatoms. The Morgan fingerprint density at radius 1 is 1.05 bits per heavy atom. The molecule has 2 aromatic rings. The number of aryl methyl sites for hydroxylation is 4. The molecule has 1 N–H and O–H groups in total. The van der Waals surface area contributed by atoms with Crippen LogP contribution in [0.1, 0.15) is 32.9 Å². The number of aromatic nitrogens is 2. The van der Waals surface area contributed by atoms with E-state index in [9.17, 15) is 9.90 Å². The van der Waals surface area contributed by atoms with Gasteiger partial charge in [-0.25, -0.2) is 14.8 Å². The molecule has 0 radical (unpaired) electrons. The van der Waals surface area contributed by atoms with E-state index in [1.165, 1.54) is 11.8 Å². The monoisotopic (exact) mass is 256 g/mol. The third-order valence-corrected chi connectivity index (χ3v) is 3.24. The van der Waals surface area contributed by atoms with Gasteiger partial charge < -0.3 is 5.11 Å². The molecule has 2 rings (SSSR count). The SMILES string of the molecule is Cc1ncc(C(=O)O)c(-c2cc(C)c(C)cc2C)n1. The van der Waals surface area contributed by atoms with Crippen molar-refractivity contribution in [2.75, 3.05) is 0 Å². The van der Waals surface area contributed by atoms with Crippen LogP contribution in [0.5, 0.6) is 0 Å². The normalized spacial score (nSPS) is 10.5. The fourth-order valence-corrected chi connectivity index (χ4v) is 2.05. The first kappa shape index (κ1) is 13.2. The van der Waals surface area contributed by atoms with Gasteiger partial charge in [-0.15, -0.1) is 0 Å². The second kappa shape index (κ2) is 4.80. The standard InChI is InChI=1S/C15H16N2O2/c1-8-5-10(3)12(6-9(8)2)14-13(15(18)19)7-16-11(4)17-14/h5-7H,1-4H3,(H,18,19). The number of carbonyl (C=O) groups is 1. The lowest BCUT2D eigenvalue weighted by molar-refractivity contribution is 0.0697. The van der Waals surface area contributed by atoms with Crippen LogP contribution in [0.2, 0.25) is 0 Å². The third kappa shape index (κ3) is 2.47. The Labute approximate surface area is 112 Å². The Morgan fingerprint density at radius 2 is 1.68 bits per heavy atom. The number of carboxylic acid groups (broad SMARTS) is 1. The molecule has 0 saturated carbocycles. The molecule has 1 aromatic carbocycles. The van der Waals surface area contributed by atoms with Crippen molar-refractivity contribution in [1.82, 2.24) is 9.97 Å². The summed E-state index contributed by atoms with van der Waals surface area (Å²) >= 11 is 0. The molecule has 0 spiro atoms. The van der Waals surface area contributed by atoms with Crippen LogP contribution < -0.4 is 0 Å². The molecule has 1 heterocycles. The highest BCUT2D eigenvalue weighted by Crippen LogP contribution is 2.27. The number of hydrogen-bond donors (Lipinski definition) is 1. The summed E-state index contributed by atoms with van der Waals surface area (Å²) in [7, 11) is 0. The Balaban J connectivity index is 2.74. The minimum Gasteiger partial charge on any atom is -0.478 e. The minimum absolute atomic E-state index is 0.136. The van der Waals surface area contributed by atoms with Gasteiger partial charge in [0.15, 0.2) is 0 Å². The summed E-state index contributed by atoms with van der Waals surface area (Å²) in [6, 6.07) is 4.03. The van der Waals surface area contributed by atoms with E-state index in [4.69, 9.17) is 0 Å². The lowest BCUT2D eigenvalue weighted by Gasteiger charge is -2.11. The van der Waals surface area contributed by atoms with Gasteiger partial charge in [0.25, 0.3) is 0 Å². The number of nitrogens with zero attached hydrogens (tertiary/aromatic N) is 2. The minimum atomic E-state index is -1.01. The second-order valence-electron chi connectivity index (χ2n) is 4.74. The van der Waals surface area contributed by atoms with Gasteiger partial charge in [-0.2, -0.15) is 0 Å². The van der Waals surface area contributed by atoms with Gasteiger partial charge in [-0.1, -0.05) is 6.07 Å². The van der Waals surface area contributed by atoms with Gasteiger partial charge in [0.05, 0.1) is 5.69 Å². The van der Waals surface area contributed by atoms with Gasteiger partial charge in [0, 0.05) is 11.8 Å². The molecule has 0 saturated heterocycles. The van der Waals surface area contributed by atoms with E-state index < -0.39 is 5.97 Å². The van der Waals surface area contributed by atoms with E-state index >= 15 is 0 Å². The highest BCUT2D eigenvalue weighted by Gasteiger charge is 2.16. The van der Waals surface area contributed by atoms with Crippen molar-refractivity contribution in [1.29, 1.82) is 0 Å². The van der Waals surface area contributed by atoms with Crippen LogP contribution in [-0.4, -0.2) is 21.0 Å². The Kier molecular flexibility index (Phi) is 3.34. The highest BCUT2D eigenvalue weighted by atomic mass is 16.4. The van der Waals surface area contributed by atoms with Crippen LogP contribution in [0.3, 0.4) is 0 Å². The van der Waals surface area contributed by atoms with E-state index in [0.29, 0.717) is 11.5 Å². The summed E-state index contributed by atoms with van der Waals surface area (Å²) in [4.78, 5) is 19.6. The van der Waals surface area contributed by atoms with E-state index in [-0.39, 0.29) is 5.56 Å². The fourth-order valence-electron chi connectivity index (χ4n) is 2.05. The first-order chi connectivity index (χ1) is 8.90. The lowest BCUT2D eigenvalue weighted by Crippen LogP contribution is -2.05.